The van der Waals surface area contributed by atoms with Gasteiger partial charge in [0.05, 0.1) is 5.52 Å². The second-order valence-corrected chi connectivity index (χ2v) is 5.50. The van der Waals surface area contributed by atoms with Crippen LogP contribution in [0.15, 0.2) is 29.2 Å². The van der Waals surface area contributed by atoms with Crippen LogP contribution in [-0.2, 0) is 0 Å². The van der Waals surface area contributed by atoms with E-state index in [0.29, 0.717) is 11.3 Å². The number of para-hydroxylation sites is 1. The Bertz CT molecular complexity index is 762. The molecule has 21 heavy (non-hydrogen) atoms. The molecule has 0 saturated heterocycles. The molecule has 3 nitrogen and oxygen atoms in total. The second kappa shape index (κ2) is 4.51. The Morgan fingerprint density at radius 2 is 2.05 bits per heavy atom. The molecule has 1 unspecified atom stereocenters. The fourth-order valence-corrected chi connectivity index (χ4v) is 2.68. The molecule has 1 aliphatic rings. The topological polar surface area (TPSA) is 31.2 Å². The van der Waals surface area contributed by atoms with Crippen molar-refractivity contribution in [2.45, 2.75) is 32.0 Å². The summed E-state index contributed by atoms with van der Waals surface area (Å²) in [7, 11) is 0. The van der Waals surface area contributed by atoms with Gasteiger partial charge in [-0.3, -0.25) is 4.79 Å². The third kappa shape index (κ3) is 2.09. The molecule has 0 saturated carbocycles. The molecule has 0 spiro atoms. The van der Waals surface area contributed by atoms with E-state index in [9.17, 15) is 18.0 Å². The van der Waals surface area contributed by atoms with Crippen molar-refractivity contribution < 1.29 is 17.9 Å². The van der Waals surface area contributed by atoms with E-state index in [1.54, 1.807) is 32.0 Å². The van der Waals surface area contributed by atoms with E-state index in [2.05, 4.69) is 0 Å². The Morgan fingerprint density at radius 3 is 2.67 bits per heavy atom. The van der Waals surface area contributed by atoms with Crippen LogP contribution in [0.4, 0.5) is 13.2 Å². The van der Waals surface area contributed by atoms with Gasteiger partial charge in [0, 0.05) is 17.1 Å². The predicted octanol–water partition coefficient (Wildman–Crippen LogP) is 3.62. The van der Waals surface area contributed by atoms with Gasteiger partial charge in [-0.05, 0) is 18.1 Å². The molecule has 0 radical (unpaired) electrons. The average Bonchev–Trinajstić information content (AvgIpc) is 2.40. The summed E-state index contributed by atoms with van der Waals surface area (Å²) >= 11 is 0. The Balaban J connectivity index is 2.41. The lowest BCUT2D eigenvalue weighted by atomic mass is 10.0. The first-order valence-electron chi connectivity index (χ1n) is 6.68. The number of rotatable bonds is 1. The Morgan fingerprint density at radius 1 is 1.33 bits per heavy atom. The maximum Gasteiger partial charge on any atom is 0.412 e. The summed E-state index contributed by atoms with van der Waals surface area (Å²) in [6, 6.07) is 2.99. The molecule has 0 fully saturated rings. The number of pyridine rings is 1. The van der Waals surface area contributed by atoms with Gasteiger partial charge in [-0.1, -0.05) is 19.9 Å². The summed E-state index contributed by atoms with van der Waals surface area (Å²) in [6.45, 7) is 3.11. The van der Waals surface area contributed by atoms with E-state index < -0.39 is 18.8 Å². The van der Waals surface area contributed by atoms with Crippen LogP contribution in [0.25, 0.3) is 10.9 Å². The highest BCUT2D eigenvalue weighted by Crippen LogP contribution is 2.39. The fourth-order valence-electron chi connectivity index (χ4n) is 2.68. The number of hydrogen-bond donors (Lipinski definition) is 0. The Hall–Kier alpha value is -1.98. The molecule has 6 heteroatoms. The highest BCUT2D eigenvalue weighted by Gasteiger charge is 2.44. The van der Waals surface area contributed by atoms with Crippen LogP contribution in [0.5, 0.6) is 5.75 Å². The molecule has 0 amide bonds. The largest absolute Gasteiger partial charge is 0.489 e. The number of alkyl halides is 3. The Kier molecular flexibility index (Phi) is 3.00. The van der Waals surface area contributed by atoms with Crippen molar-refractivity contribution >= 4 is 10.9 Å². The fraction of sp³-hybridized carbons (Fsp3) is 0.400. The van der Waals surface area contributed by atoms with Crippen LogP contribution >= 0.6 is 0 Å². The second-order valence-electron chi connectivity index (χ2n) is 5.50. The first-order valence-corrected chi connectivity index (χ1v) is 6.68. The number of aromatic nitrogens is 1. The lowest BCUT2D eigenvalue weighted by Gasteiger charge is -2.31. The van der Waals surface area contributed by atoms with Crippen molar-refractivity contribution in [2.75, 3.05) is 6.61 Å². The summed E-state index contributed by atoms with van der Waals surface area (Å²) in [6.07, 6.45) is -3.09. The van der Waals surface area contributed by atoms with Crippen molar-refractivity contribution in [1.29, 1.82) is 0 Å². The maximum atomic E-state index is 13.2. The van der Waals surface area contributed by atoms with E-state index >= 15 is 0 Å². The third-order valence-corrected chi connectivity index (χ3v) is 3.77. The molecular weight excluding hydrogens is 283 g/mol. The molecule has 1 atom stereocenters. The lowest BCUT2D eigenvalue weighted by molar-refractivity contribution is -0.175. The van der Waals surface area contributed by atoms with Gasteiger partial charge in [0.1, 0.15) is 12.4 Å². The zero-order valence-electron chi connectivity index (χ0n) is 11.6. The van der Waals surface area contributed by atoms with Crippen LogP contribution in [-0.4, -0.2) is 17.4 Å². The highest BCUT2D eigenvalue weighted by molar-refractivity contribution is 5.86. The summed E-state index contributed by atoms with van der Waals surface area (Å²) < 4.78 is 46.0. The number of ether oxygens (including phenoxy) is 1. The number of halogens is 3. The molecular formula is C15H14F3NO2. The minimum absolute atomic E-state index is 0.147. The van der Waals surface area contributed by atoms with Crippen LogP contribution in [0.2, 0.25) is 0 Å². The Labute approximate surface area is 118 Å². The van der Waals surface area contributed by atoms with Gasteiger partial charge < -0.3 is 9.30 Å². The lowest BCUT2D eigenvalue weighted by Crippen LogP contribution is -2.36. The van der Waals surface area contributed by atoms with Crippen molar-refractivity contribution in [3.05, 3.63) is 40.2 Å². The van der Waals surface area contributed by atoms with Crippen LogP contribution < -0.4 is 10.2 Å². The van der Waals surface area contributed by atoms with Gasteiger partial charge >= 0.3 is 6.18 Å². The monoisotopic (exact) mass is 297 g/mol. The van der Waals surface area contributed by atoms with E-state index in [4.69, 9.17) is 4.74 Å². The van der Waals surface area contributed by atoms with Crippen molar-refractivity contribution in [2.24, 2.45) is 0 Å². The first kappa shape index (κ1) is 14.0. The normalized spacial score (nSPS) is 18.1. The van der Waals surface area contributed by atoms with Crippen LogP contribution in [0, 0.1) is 0 Å². The number of nitrogens with zero attached hydrogens (tertiary/aromatic N) is 1. The minimum Gasteiger partial charge on any atom is -0.489 e. The van der Waals surface area contributed by atoms with E-state index in [0.717, 1.165) is 4.57 Å². The molecule has 3 rings (SSSR count). The molecule has 0 N–H and O–H groups in total. The van der Waals surface area contributed by atoms with Gasteiger partial charge in [0.15, 0.2) is 11.5 Å². The molecule has 1 aromatic carbocycles. The maximum absolute atomic E-state index is 13.2. The quantitative estimate of drug-likeness (QED) is 0.805. The molecule has 1 aromatic heterocycles. The standard InChI is InChI=1S/C15H14F3NO2/c1-8(2)10-6-19-12(15(16,17)18)7-21-11-5-3-4-9(13(11)19)14(10)20/h3-6,8,12H,7H2,1-2H3. The third-order valence-electron chi connectivity index (χ3n) is 3.77. The van der Waals surface area contributed by atoms with E-state index in [1.165, 1.54) is 6.20 Å². The minimum atomic E-state index is -4.43. The van der Waals surface area contributed by atoms with E-state index in [1.807, 2.05) is 0 Å². The molecule has 2 heterocycles. The van der Waals surface area contributed by atoms with Gasteiger partial charge in [0.2, 0.25) is 0 Å². The first-order chi connectivity index (χ1) is 9.80. The zero-order chi connectivity index (χ0) is 15.4. The van der Waals surface area contributed by atoms with Crippen molar-refractivity contribution in [1.82, 2.24) is 4.57 Å². The van der Waals surface area contributed by atoms with Crippen LogP contribution in [0.1, 0.15) is 31.4 Å². The summed E-state index contributed by atoms with van der Waals surface area (Å²) in [5.41, 5.74) is 0.376. The predicted molar refractivity (Wildman–Crippen MR) is 72.9 cm³/mol. The van der Waals surface area contributed by atoms with Crippen LogP contribution in [0.3, 0.4) is 0 Å². The molecule has 0 aliphatic carbocycles. The van der Waals surface area contributed by atoms with Crippen molar-refractivity contribution in [3.63, 3.8) is 0 Å². The molecule has 2 aromatic rings. The van der Waals surface area contributed by atoms with Crippen molar-refractivity contribution in [3.8, 4) is 5.75 Å². The average molecular weight is 297 g/mol. The SMILES string of the molecule is CC(C)c1cn2c3c(cccc3c1=O)OCC2C(F)(F)F. The highest BCUT2D eigenvalue weighted by atomic mass is 19.4. The number of hydrogen-bond acceptors (Lipinski definition) is 2. The summed E-state index contributed by atoms with van der Waals surface area (Å²) in [5.74, 6) is 0.173. The molecule has 1 aliphatic heterocycles. The molecule has 112 valence electrons. The van der Waals surface area contributed by atoms with Gasteiger partial charge in [-0.2, -0.15) is 13.2 Å². The van der Waals surface area contributed by atoms with E-state index in [-0.39, 0.29) is 22.2 Å². The van der Waals surface area contributed by atoms with Gasteiger partial charge in [-0.25, -0.2) is 0 Å². The number of benzene rings is 1. The van der Waals surface area contributed by atoms with Gasteiger partial charge in [-0.15, -0.1) is 0 Å². The zero-order valence-corrected chi connectivity index (χ0v) is 11.6. The van der Waals surface area contributed by atoms with Gasteiger partial charge in [0.25, 0.3) is 0 Å². The molecule has 0 bridgehead atoms. The summed E-state index contributed by atoms with van der Waals surface area (Å²) in [4.78, 5) is 12.4. The smallest absolute Gasteiger partial charge is 0.412 e. The summed E-state index contributed by atoms with van der Waals surface area (Å²) in [5, 5.41) is 0.271.